The molecule has 0 amide bonds. The lowest BCUT2D eigenvalue weighted by molar-refractivity contribution is -0.143. The van der Waals surface area contributed by atoms with E-state index in [-0.39, 0.29) is 30.2 Å². The fourth-order valence-electron chi connectivity index (χ4n) is 3.45. The molecule has 25 heavy (non-hydrogen) atoms. The summed E-state index contributed by atoms with van der Waals surface area (Å²) < 4.78 is 18.2. The minimum atomic E-state index is -0.434. The van der Waals surface area contributed by atoms with Gasteiger partial charge in [-0.05, 0) is 29.3 Å². The van der Waals surface area contributed by atoms with Gasteiger partial charge in [0.1, 0.15) is 11.9 Å². The van der Waals surface area contributed by atoms with Crippen molar-refractivity contribution in [2.24, 2.45) is 0 Å². The van der Waals surface area contributed by atoms with Crippen molar-refractivity contribution in [2.45, 2.75) is 18.5 Å². The zero-order valence-electron chi connectivity index (χ0n) is 13.6. The number of esters is 1. The van der Waals surface area contributed by atoms with E-state index in [2.05, 4.69) is 10.3 Å². The van der Waals surface area contributed by atoms with Crippen molar-refractivity contribution in [3.05, 3.63) is 71.2 Å². The first-order valence-corrected chi connectivity index (χ1v) is 7.86. The first-order valence-electron chi connectivity index (χ1n) is 7.86. The van der Waals surface area contributed by atoms with Gasteiger partial charge >= 0.3 is 5.97 Å². The molecule has 1 aliphatic rings. The smallest absolute Gasteiger partial charge is 0.323 e. The Labute approximate surface area is 150 Å². The Morgan fingerprint density at radius 2 is 1.88 bits per heavy atom. The molecular weight excluding hydrogens is 343 g/mol. The van der Waals surface area contributed by atoms with Crippen molar-refractivity contribution < 1.29 is 13.9 Å². The van der Waals surface area contributed by atoms with Gasteiger partial charge in [-0.1, -0.05) is 30.3 Å². The summed E-state index contributed by atoms with van der Waals surface area (Å²) in [5, 5.41) is 4.44. The molecule has 0 bridgehead atoms. The number of para-hydroxylation sites is 1. The molecule has 2 heterocycles. The maximum absolute atomic E-state index is 13.3. The number of ether oxygens (including phenoxy) is 1. The summed E-state index contributed by atoms with van der Waals surface area (Å²) >= 11 is 0. The number of methoxy groups -OCH3 is 1. The lowest BCUT2D eigenvalue weighted by Crippen LogP contribution is -2.45. The number of rotatable bonds is 2. The number of aromatic amines is 1. The molecule has 0 aliphatic carbocycles. The molecule has 130 valence electrons. The Morgan fingerprint density at radius 3 is 2.60 bits per heavy atom. The number of aromatic nitrogens is 1. The molecule has 0 saturated carbocycles. The number of hydrogen-bond donors (Lipinski definition) is 2. The molecular formula is C19H18ClFN2O2. The van der Waals surface area contributed by atoms with E-state index in [0.29, 0.717) is 6.42 Å². The van der Waals surface area contributed by atoms with Crippen molar-refractivity contribution in [3.63, 3.8) is 0 Å². The van der Waals surface area contributed by atoms with E-state index < -0.39 is 6.04 Å². The van der Waals surface area contributed by atoms with Crippen molar-refractivity contribution in [3.8, 4) is 0 Å². The van der Waals surface area contributed by atoms with E-state index in [4.69, 9.17) is 4.74 Å². The average Bonchev–Trinajstić information content (AvgIpc) is 2.99. The summed E-state index contributed by atoms with van der Waals surface area (Å²) in [4.78, 5) is 15.6. The first-order chi connectivity index (χ1) is 11.7. The number of carbonyl (C=O) groups excluding carboxylic acids is 1. The van der Waals surface area contributed by atoms with Crippen LogP contribution in [0.1, 0.15) is 22.9 Å². The maximum Gasteiger partial charge on any atom is 0.323 e. The molecule has 0 radical (unpaired) electrons. The zero-order valence-corrected chi connectivity index (χ0v) is 14.4. The largest absolute Gasteiger partial charge is 0.468 e. The third kappa shape index (κ3) is 3.01. The molecule has 4 nitrogen and oxygen atoms in total. The van der Waals surface area contributed by atoms with Crippen LogP contribution in [0.2, 0.25) is 0 Å². The highest BCUT2D eigenvalue weighted by Crippen LogP contribution is 2.35. The third-order valence-electron chi connectivity index (χ3n) is 4.60. The highest BCUT2D eigenvalue weighted by Gasteiger charge is 2.34. The molecule has 3 aromatic rings. The number of halogens is 2. The molecule has 2 N–H and O–H groups in total. The molecule has 4 rings (SSSR count). The highest BCUT2D eigenvalue weighted by molar-refractivity contribution is 5.87. The number of H-pyrrole nitrogens is 1. The SMILES string of the molecule is COC(=O)C1Cc2c([nH]c3ccccc23)C(c2ccc(F)cc2)N1.Cl. The second kappa shape index (κ2) is 6.86. The van der Waals surface area contributed by atoms with Crippen LogP contribution in [-0.4, -0.2) is 24.1 Å². The van der Waals surface area contributed by atoms with Gasteiger partial charge in [-0.25, -0.2) is 4.39 Å². The lowest BCUT2D eigenvalue weighted by Gasteiger charge is -2.30. The Morgan fingerprint density at radius 1 is 1.16 bits per heavy atom. The summed E-state index contributed by atoms with van der Waals surface area (Å²) in [6.45, 7) is 0. The third-order valence-corrected chi connectivity index (χ3v) is 4.60. The number of benzene rings is 2. The van der Waals surface area contributed by atoms with Gasteiger partial charge in [-0.15, -0.1) is 12.4 Å². The molecule has 0 saturated heterocycles. The maximum atomic E-state index is 13.3. The molecule has 1 aliphatic heterocycles. The second-order valence-electron chi connectivity index (χ2n) is 5.99. The topological polar surface area (TPSA) is 54.1 Å². The van der Waals surface area contributed by atoms with Crippen LogP contribution in [0.3, 0.4) is 0 Å². The first kappa shape index (κ1) is 17.5. The van der Waals surface area contributed by atoms with Crippen molar-refractivity contribution >= 4 is 29.3 Å². The Kier molecular flexibility index (Phi) is 4.79. The van der Waals surface area contributed by atoms with E-state index in [0.717, 1.165) is 27.7 Å². The summed E-state index contributed by atoms with van der Waals surface area (Å²) in [7, 11) is 1.39. The number of carbonyl (C=O) groups is 1. The molecule has 2 aromatic carbocycles. The van der Waals surface area contributed by atoms with Crippen LogP contribution in [0.15, 0.2) is 48.5 Å². The zero-order chi connectivity index (χ0) is 16.7. The van der Waals surface area contributed by atoms with Crippen molar-refractivity contribution in [2.75, 3.05) is 7.11 Å². The van der Waals surface area contributed by atoms with E-state index >= 15 is 0 Å². The quantitative estimate of drug-likeness (QED) is 0.688. The average molecular weight is 361 g/mol. The fourth-order valence-corrected chi connectivity index (χ4v) is 3.45. The van der Waals surface area contributed by atoms with Crippen LogP contribution in [0.5, 0.6) is 0 Å². The van der Waals surface area contributed by atoms with E-state index in [1.54, 1.807) is 12.1 Å². The van der Waals surface area contributed by atoms with Gasteiger partial charge in [-0.2, -0.15) is 0 Å². The normalized spacial score (nSPS) is 19.1. The standard InChI is InChI=1S/C19H17FN2O2.ClH/c1-24-19(23)16-10-14-13-4-2-3-5-15(13)21-18(14)17(22-16)11-6-8-12(20)9-7-11;/h2-9,16-17,21-22H,10H2,1H3;1H. The van der Waals surface area contributed by atoms with Gasteiger partial charge in [0.05, 0.1) is 13.2 Å². The van der Waals surface area contributed by atoms with Crippen LogP contribution < -0.4 is 5.32 Å². The lowest BCUT2D eigenvalue weighted by atomic mass is 9.90. The second-order valence-corrected chi connectivity index (χ2v) is 5.99. The van der Waals surface area contributed by atoms with E-state index in [1.807, 2.05) is 24.3 Å². The predicted octanol–water partition coefficient (Wildman–Crippen LogP) is 3.51. The number of nitrogens with one attached hydrogen (secondary N) is 2. The predicted molar refractivity (Wildman–Crippen MR) is 96.4 cm³/mol. The molecule has 6 heteroatoms. The summed E-state index contributed by atoms with van der Waals surface area (Å²) in [5.74, 6) is -0.575. The van der Waals surface area contributed by atoms with Gasteiger partial charge in [0.25, 0.3) is 0 Å². The highest BCUT2D eigenvalue weighted by atomic mass is 35.5. The summed E-state index contributed by atoms with van der Waals surface area (Å²) in [6.07, 6.45) is 0.559. The van der Waals surface area contributed by atoms with E-state index in [1.165, 1.54) is 19.2 Å². The van der Waals surface area contributed by atoms with Gasteiger partial charge in [-0.3, -0.25) is 10.1 Å². The van der Waals surface area contributed by atoms with Gasteiger partial charge in [0.2, 0.25) is 0 Å². The molecule has 0 fully saturated rings. The van der Waals surface area contributed by atoms with Crippen LogP contribution in [-0.2, 0) is 16.0 Å². The molecule has 1 aromatic heterocycles. The minimum Gasteiger partial charge on any atom is -0.468 e. The van der Waals surface area contributed by atoms with Crippen molar-refractivity contribution in [1.29, 1.82) is 0 Å². The number of hydrogen-bond acceptors (Lipinski definition) is 3. The van der Waals surface area contributed by atoms with Gasteiger partial charge < -0.3 is 9.72 Å². The monoisotopic (exact) mass is 360 g/mol. The fraction of sp³-hybridized carbons (Fsp3) is 0.211. The Hall–Kier alpha value is -2.37. The van der Waals surface area contributed by atoms with Crippen LogP contribution in [0, 0.1) is 5.82 Å². The van der Waals surface area contributed by atoms with Gasteiger partial charge in [0, 0.05) is 23.0 Å². The Balaban J connectivity index is 0.00000182. The van der Waals surface area contributed by atoms with E-state index in [9.17, 15) is 9.18 Å². The van der Waals surface area contributed by atoms with Crippen LogP contribution in [0.4, 0.5) is 4.39 Å². The number of fused-ring (bicyclic) bond motifs is 3. The van der Waals surface area contributed by atoms with Crippen molar-refractivity contribution in [1.82, 2.24) is 10.3 Å². The Bertz CT molecular complexity index is 907. The molecule has 2 unspecified atom stereocenters. The van der Waals surface area contributed by atoms with Gasteiger partial charge in [0.15, 0.2) is 0 Å². The van der Waals surface area contributed by atoms with Crippen LogP contribution >= 0.6 is 12.4 Å². The minimum absolute atomic E-state index is 0. The summed E-state index contributed by atoms with van der Waals surface area (Å²) in [6, 6.07) is 13.7. The molecule has 2 atom stereocenters. The van der Waals surface area contributed by atoms with Crippen LogP contribution in [0.25, 0.3) is 10.9 Å². The molecule has 0 spiro atoms. The summed E-state index contributed by atoms with van der Waals surface area (Å²) in [5.41, 5.74) is 4.05.